The lowest BCUT2D eigenvalue weighted by Crippen LogP contribution is -2.32. The molecule has 0 unspecified atom stereocenters. The molecule has 6 heteroatoms. The lowest BCUT2D eigenvalue weighted by atomic mass is 10.3. The summed E-state index contributed by atoms with van der Waals surface area (Å²) in [6.07, 6.45) is 0. The maximum Gasteiger partial charge on any atom is 0.238 e. The van der Waals surface area contributed by atoms with Gasteiger partial charge >= 0.3 is 0 Å². The first-order valence-electron chi connectivity index (χ1n) is 7.52. The Morgan fingerprint density at radius 2 is 1.58 bits per heavy atom. The van der Waals surface area contributed by atoms with Crippen molar-refractivity contribution in [3.8, 4) is 0 Å². The third kappa shape index (κ3) is 4.92. The van der Waals surface area contributed by atoms with Crippen LogP contribution in [0.3, 0.4) is 0 Å². The zero-order chi connectivity index (χ0) is 16.8. The number of anilines is 1. The van der Waals surface area contributed by atoms with Gasteiger partial charge in [-0.15, -0.1) is 22.7 Å². The second-order valence-corrected chi connectivity index (χ2v) is 7.80. The highest BCUT2D eigenvalue weighted by Crippen LogP contribution is 2.21. The molecule has 2 heterocycles. The number of amides is 1. The molecule has 0 atom stereocenters. The van der Waals surface area contributed by atoms with Crippen molar-refractivity contribution in [1.29, 1.82) is 0 Å². The number of hydrogen-bond acceptors (Lipinski definition) is 4. The van der Waals surface area contributed by atoms with Crippen molar-refractivity contribution in [2.45, 2.75) is 13.1 Å². The van der Waals surface area contributed by atoms with Gasteiger partial charge in [0.1, 0.15) is 0 Å². The van der Waals surface area contributed by atoms with E-state index in [-0.39, 0.29) is 5.91 Å². The molecule has 24 heavy (non-hydrogen) atoms. The second-order valence-electron chi connectivity index (χ2n) is 5.33. The zero-order valence-corrected chi connectivity index (χ0v) is 15.3. The third-order valence-electron chi connectivity index (χ3n) is 3.43. The van der Waals surface area contributed by atoms with E-state index in [0.29, 0.717) is 17.3 Å². The number of benzene rings is 1. The molecule has 3 nitrogen and oxygen atoms in total. The van der Waals surface area contributed by atoms with E-state index in [2.05, 4.69) is 33.1 Å². The minimum Gasteiger partial charge on any atom is -0.324 e. The Balaban J connectivity index is 1.66. The summed E-state index contributed by atoms with van der Waals surface area (Å²) in [7, 11) is 0. The highest BCUT2D eigenvalue weighted by atomic mass is 35.5. The highest BCUT2D eigenvalue weighted by molar-refractivity contribution is 7.10. The predicted octanol–water partition coefficient (Wildman–Crippen LogP) is 5.10. The van der Waals surface area contributed by atoms with E-state index < -0.39 is 0 Å². The Kier molecular flexibility index (Phi) is 6.04. The molecule has 1 amide bonds. The third-order valence-corrected chi connectivity index (χ3v) is 5.49. The average Bonchev–Trinajstić information content (AvgIpc) is 3.23. The van der Waals surface area contributed by atoms with Gasteiger partial charge in [0, 0.05) is 22.8 Å². The van der Waals surface area contributed by atoms with Gasteiger partial charge in [-0.25, -0.2) is 0 Å². The Morgan fingerprint density at radius 3 is 2.12 bits per heavy atom. The first kappa shape index (κ1) is 17.2. The normalized spacial score (nSPS) is 10.9. The SMILES string of the molecule is O=C(CN(Cc1cccs1)Cc1cccs1)Nc1ccccc1Cl. The van der Waals surface area contributed by atoms with Gasteiger partial charge in [0.25, 0.3) is 0 Å². The lowest BCUT2D eigenvalue weighted by Gasteiger charge is -2.20. The molecular formula is C18H17ClN2OS2. The topological polar surface area (TPSA) is 32.3 Å². The summed E-state index contributed by atoms with van der Waals surface area (Å²) in [5.41, 5.74) is 0.649. The summed E-state index contributed by atoms with van der Waals surface area (Å²) >= 11 is 9.52. The van der Waals surface area contributed by atoms with Gasteiger partial charge in [-0.1, -0.05) is 35.9 Å². The van der Waals surface area contributed by atoms with Crippen LogP contribution in [0.5, 0.6) is 0 Å². The predicted molar refractivity (Wildman–Crippen MR) is 103 cm³/mol. The van der Waals surface area contributed by atoms with Crippen LogP contribution in [0.1, 0.15) is 9.75 Å². The summed E-state index contributed by atoms with van der Waals surface area (Å²) in [6, 6.07) is 15.5. The molecule has 0 aliphatic rings. The smallest absolute Gasteiger partial charge is 0.238 e. The number of rotatable bonds is 7. The fourth-order valence-corrected chi connectivity index (χ4v) is 4.04. The number of nitrogens with zero attached hydrogens (tertiary/aromatic N) is 1. The molecule has 0 spiro atoms. The molecule has 1 N–H and O–H groups in total. The fourth-order valence-electron chi connectivity index (χ4n) is 2.37. The van der Waals surface area contributed by atoms with E-state index >= 15 is 0 Å². The molecule has 0 radical (unpaired) electrons. The molecule has 3 rings (SSSR count). The fraction of sp³-hybridized carbons (Fsp3) is 0.167. The van der Waals surface area contributed by atoms with Gasteiger partial charge in [0.05, 0.1) is 17.3 Å². The Labute approximate surface area is 154 Å². The van der Waals surface area contributed by atoms with Crippen molar-refractivity contribution in [2.75, 3.05) is 11.9 Å². The number of thiophene rings is 2. The summed E-state index contributed by atoms with van der Waals surface area (Å²) in [4.78, 5) is 17.1. The summed E-state index contributed by atoms with van der Waals surface area (Å²) in [6.45, 7) is 1.83. The lowest BCUT2D eigenvalue weighted by molar-refractivity contribution is -0.117. The summed E-state index contributed by atoms with van der Waals surface area (Å²) in [5.74, 6) is -0.0591. The molecule has 3 aromatic rings. The molecule has 0 aliphatic heterocycles. The Hall–Kier alpha value is -1.66. The van der Waals surface area contributed by atoms with Crippen LogP contribution in [0.4, 0.5) is 5.69 Å². The summed E-state index contributed by atoms with van der Waals surface area (Å²) in [5, 5.41) is 7.56. The van der Waals surface area contributed by atoms with Crippen LogP contribution in [-0.4, -0.2) is 17.4 Å². The number of carbonyl (C=O) groups excluding carboxylic acids is 1. The number of nitrogens with one attached hydrogen (secondary N) is 1. The van der Waals surface area contributed by atoms with Crippen molar-refractivity contribution in [3.63, 3.8) is 0 Å². The van der Waals surface area contributed by atoms with Crippen LogP contribution in [-0.2, 0) is 17.9 Å². The van der Waals surface area contributed by atoms with Gasteiger partial charge in [0.15, 0.2) is 0 Å². The van der Waals surface area contributed by atoms with Crippen LogP contribution in [0.15, 0.2) is 59.3 Å². The van der Waals surface area contributed by atoms with Crippen LogP contribution in [0.25, 0.3) is 0 Å². The first-order chi connectivity index (χ1) is 11.7. The van der Waals surface area contributed by atoms with E-state index in [0.717, 1.165) is 13.1 Å². The van der Waals surface area contributed by atoms with Crippen LogP contribution in [0.2, 0.25) is 5.02 Å². The minimum absolute atomic E-state index is 0.0591. The van der Waals surface area contributed by atoms with Gasteiger partial charge in [-0.2, -0.15) is 0 Å². The zero-order valence-electron chi connectivity index (χ0n) is 12.9. The quantitative estimate of drug-likeness (QED) is 0.621. The van der Waals surface area contributed by atoms with Crippen molar-refractivity contribution < 1.29 is 4.79 Å². The second kappa shape index (κ2) is 8.44. The standard InChI is InChI=1S/C18H17ClN2OS2/c19-16-7-1-2-8-17(16)20-18(22)13-21(11-14-5-3-9-23-14)12-15-6-4-10-24-15/h1-10H,11-13H2,(H,20,22). The van der Waals surface area contributed by atoms with Gasteiger partial charge in [0.2, 0.25) is 5.91 Å². The molecule has 0 saturated carbocycles. The maximum absolute atomic E-state index is 12.4. The minimum atomic E-state index is -0.0591. The Morgan fingerprint density at radius 1 is 0.958 bits per heavy atom. The van der Waals surface area contributed by atoms with Gasteiger partial charge < -0.3 is 5.32 Å². The van der Waals surface area contributed by atoms with E-state index in [1.807, 2.05) is 30.3 Å². The van der Waals surface area contributed by atoms with Crippen molar-refractivity contribution in [2.24, 2.45) is 0 Å². The van der Waals surface area contributed by atoms with Crippen molar-refractivity contribution >= 4 is 45.9 Å². The molecular weight excluding hydrogens is 360 g/mol. The molecule has 0 bridgehead atoms. The number of para-hydroxylation sites is 1. The highest BCUT2D eigenvalue weighted by Gasteiger charge is 2.14. The summed E-state index contributed by atoms with van der Waals surface area (Å²) < 4.78 is 0. The van der Waals surface area contributed by atoms with Gasteiger partial charge in [-0.05, 0) is 35.0 Å². The largest absolute Gasteiger partial charge is 0.324 e. The Bertz CT molecular complexity index is 736. The molecule has 0 saturated heterocycles. The van der Waals surface area contributed by atoms with E-state index in [1.165, 1.54) is 9.75 Å². The maximum atomic E-state index is 12.4. The molecule has 124 valence electrons. The van der Waals surface area contributed by atoms with Crippen LogP contribution < -0.4 is 5.32 Å². The first-order valence-corrected chi connectivity index (χ1v) is 9.66. The van der Waals surface area contributed by atoms with Crippen LogP contribution >= 0.6 is 34.3 Å². The monoisotopic (exact) mass is 376 g/mol. The average molecular weight is 377 g/mol. The van der Waals surface area contributed by atoms with Crippen molar-refractivity contribution in [1.82, 2.24) is 4.90 Å². The molecule has 1 aromatic carbocycles. The van der Waals surface area contributed by atoms with Crippen LogP contribution in [0, 0.1) is 0 Å². The van der Waals surface area contributed by atoms with Gasteiger partial charge in [-0.3, -0.25) is 9.69 Å². The van der Waals surface area contributed by atoms with E-state index in [1.54, 1.807) is 28.7 Å². The molecule has 0 fully saturated rings. The number of halogens is 1. The molecule has 0 aliphatic carbocycles. The van der Waals surface area contributed by atoms with E-state index in [4.69, 9.17) is 11.6 Å². The van der Waals surface area contributed by atoms with Crippen molar-refractivity contribution in [3.05, 3.63) is 74.1 Å². The number of hydrogen-bond donors (Lipinski definition) is 1. The van der Waals surface area contributed by atoms with E-state index in [9.17, 15) is 4.79 Å². The number of carbonyl (C=O) groups is 1. The molecule has 2 aromatic heterocycles.